The molecule has 1 aromatic carbocycles. The van der Waals surface area contributed by atoms with Crippen LogP contribution in [0.2, 0.25) is 0 Å². The average molecular weight is 303 g/mol. The third kappa shape index (κ3) is 4.33. The molecule has 3 heteroatoms. The minimum absolute atomic E-state index is 0.237. The molecule has 2 rings (SSSR count). The molecule has 22 heavy (non-hydrogen) atoms. The number of hydrogen-bond donors (Lipinski definition) is 0. The standard InChI is InChI=1S/C19H29NO2/c1-5-22-16-6-7-17(18(12-16)14(2)3)19(21)13-20-10-8-15(4)9-11-20/h6-7,12,14-15H,5,8-11,13H2,1-4H3. The van der Waals surface area contributed by atoms with Gasteiger partial charge in [0.25, 0.3) is 0 Å². The lowest BCUT2D eigenvalue weighted by molar-refractivity contribution is 0.0898. The predicted molar refractivity (Wildman–Crippen MR) is 90.9 cm³/mol. The summed E-state index contributed by atoms with van der Waals surface area (Å²) in [6.45, 7) is 11.8. The van der Waals surface area contributed by atoms with Gasteiger partial charge < -0.3 is 4.74 Å². The smallest absolute Gasteiger partial charge is 0.177 e. The molecular weight excluding hydrogens is 274 g/mol. The highest BCUT2D eigenvalue weighted by molar-refractivity contribution is 5.99. The maximum Gasteiger partial charge on any atom is 0.177 e. The average Bonchev–Trinajstić information content (AvgIpc) is 2.49. The maximum absolute atomic E-state index is 12.7. The molecule has 1 aliphatic rings. The van der Waals surface area contributed by atoms with Gasteiger partial charge in [0.15, 0.2) is 5.78 Å². The van der Waals surface area contributed by atoms with E-state index in [0.717, 1.165) is 35.9 Å². The molecule has 1 aromatic rings. The van der Waals surface area contributed by atoms with Crippen molar-refractivity contribution in [1.29, 1.82) is 0 Å². The van der Waals surface area contributed by atoms with Gasteiger partial charge in [0.1, 0.15) is 5.75 Å². The fourth-order valence-electron chi connectivity index (χ4n) is 3.04. The van der Waals surface area contributed by atoms with Crippen LogP contribution >= 0.6 is 0 Å². The van der Waals surface area contributed by atoms with Crippen molar-refractivity contribution in [2.45, 2.75) is 46.5 Å². The summed E-state index contributed by atoms with van der Waals surface area (Å²) < 4.78 is 5.57. The molecule has 0 radical (unpaired) electrons. The monoisotopic (exact) mass is 303 g/mol. The van der Waals surface area contributed by atoms with Crippen LogP contribution in [0.25, 0.3) is 0 Å². The fraction of sp³-hybridized carbons (Fsp3) is 0.632. The van der Waals surface area contributed by atoms with Crippen LogP contribution in [0.15, 0.2) is 18.2 Å². The fourth-order valence-corrected chi connectivity index (χ4v) is 3.04. The zero-order valence-electron chi connectivity index (χ0n) is 14.4. The summed E-state index contributed by atoms with van der Waals surface area (Å²) in [5.74, 6) is 2.21. The van der Waals surface area contributed by atoms with Crippen molar-refractivity contribution in [3.63, 3.8) is 0 Å². The first-order chi connectivity index (χ1) is 10.5. The first-order valence-electron chi connectivity index (χ1n) is 8.53. The van der Waals surface area contributed by atoms with Crippen LogP contribution < -0.4 is 4.74 Å². The molecule has 0 unspecified atom stereocenters. The largest absolute Gasteiger partial charge is 0.494 e. The number of rotatable bonds is 6. The number of hydrogen-bond acceptors (Lipinski definition) is 3. The van der Waals surface area contributed by atoms with E-state index in [9.17, 15) is 4.79 Å². The second-order valence-electron chi connectivity index (χ2n) is 6.72. The molecule has 3 nitrogen and oxygen atoms in total. The third-order valence-electron chi connectivity index (χ3n) is 4.50. The second kappa shape index (κ2) is 7.77. The van der Waals surface area contributed by atoms with Crippen molar-refractivity contribution in [3.05, 3.63) is 29.3 Å². The highest BCUT2D eigenvalue weighted by atomic mass is 16.5. The van der Waals surface area contributed by atoms with Gasteiger partial charge in [-0.1, -0.05) is 20.8 Å². The van der Waals surface area contributed by atoms with Crippen molar-refractivity contribution >= 4 is 5.78 Å². The number of benzene rings is 1. The molecule has 0 amide bonds. The quantitative estimate of drug-likeness (QED) is 0.740. The minimum atomic E-state index is 0.237. The Hall–Kier alpha value is -1.35. The maximum atomic E-state index is 12.7. The number of carbonyl (C=O) groups excluding carboxylic acids is 1. The first-order valence-corrected chi connectivity index (χ1v) is 8.53. The van der Waals surface area contributed by atoms with Gasteiger partial charge >= 0.3 is 0 Å². The Morgan fingerprint density at radius 1 is 1.32 bits per heavy atom. The Kier molecular flexibility index (Phi) is 6.01. The summed E-state index contributed by atoms with van der Waals surface area (Å²) in [5.41, 5.74) is 1.96. The second-order valence-corrected chi connectivity index (χ2v) is 6.72. The van der Waals surface area contributed by atoms with Crippen LogP contribution in [-0.4, -0.2) is 36.9 Å². The van der Waals surface area contributed by atoms with Gasteiger partial charge in [0, 0.05) is 5.56 Å². The van der Waals surface area contributed by atoms with Crippen molar-refractivity contribution in [3.8, 4) is 5.75 Å². The Morgan fingerprint density at radius 2 is 2.00 bits per heavy atom. The molecule has 122 valence electrons. The van der Waals surface area contributed by atoms with E-state index >= 15 is 0 Å². The summed E-state index contributed by atoms with van der Waals surface area (Å²) in [7, 11) is 0. The normalized spacial score (nSPS) is 17.0. The van der Waals surface area contributed by atoms with Gasteiger partial charge in [-0.25, -0.2) is 0 Å². The number of ether oxygens (including phenoxy) is 1. The van der Waals surface area contributed by atoms with Crippen LogP contribution in [0.3, 0.4) is 0 Å². The van der Waals surface area contributed by atoms with Crippen LogP contribution in [0.1, 0.15) is 62.4 Å². The van der Waals surface area contributed by atoms with E-state index in [1.807, 2.05) is 25.1 Å². The van der Waals surface area contributed by atoms with Gasteiger partial charge in [0.2, 0.25) is 0 Å². The topological polar surface area (TPSA) is 29.5 Å². The lowest BCUT2D eigenvalue weighted by atomic mass is 9.93. The van der Waals surface area contributed by atoms with Crippen molar-refractivity contribution < 1.29 is 9.53 Å². The summed E-state index contributed by atoms with van der Waals surface area (Å²) in [6.07, 6.45) is 2.40. The van der Waals surface area contributed by atoms with Crippen LogP contribution in [0, 0.1) is 5.92 Å². The molecule has 1 fully saturated rings. The molecule has 1 heterocycles. The van der Waals surface area contributed by atoms with E-state index in [-0.39, 0.29) is 5.78 Å². The van der Waals surface area contributed by atoms with Crippen LogP contribution in [0.5, 0.6) is 5.75 Å². The Morgan fingerprint density at radius 3 is 2.59 bits per heavy atom. The van der Waals surface area contributed by atoms with Crippen LogP contribution in [-0.2, 0) is 0 Å². The van der Waals surface area contributed by atoms with Gasteiger partial charge in [-0.15, -0.1) is 0 Å². The molecule has 0 spiro atoms. The number of ketones is 1. The summed E-state index contributed by atoms with van der Waals surface area (Å²) >= 11 is 0. The van der Waals surface area contributed by atoms with E-state index in [2.05, 4.69) is 25.7 Å². The number of nitrogens with zero attached hydrogens (tertiary/aromatic N) is 1. The third-order valence-corrected chi connectivity index (χ3v) is 4.50. The van der Waals surface area contributed by atoms with Crippen LogP contribution in [0.4, 0.5) is 0 Å². The Bertz CT molecular complexity index is 502. The molecule has 0 N–H and O–H groups in total. The van der Waals surface area contributed by atoms with Gasteiger partial charge in [-0.05, 0) is 68.5 Å². The van der Waals surface area contributed by atoms with E-state index < -0.39 is 0 Å². The molecule has 0 bridgehead atoms. The van der Waals surface area contributed by atoms with Crippen molar-refractivity contribution in [2.24, 2.45) is 5.92 Å². The lowest BCUT2D eigenvalue weighted by Gasteiger charge is -2.29. The molecule has 0 aromatic heterocycles. The number of piperidine rings is 1. The van der Waals surface area contributed by atoms with E-state index in [4.69, 9.17) is 4.74 Å². The number of Topliss-reactive ketones (excluding diaryl/α,β-unsaturated/α-hetero) is 1. The molecule has 0 atom stereocenters. The molecule has 0 saturated carbocycles. The zero-order chi connectivity index (χ0) is 16.1. The zero-order valence-corrected chi connectivity index (χ0v) is 14.4. The minimum Gasteiger partial charge on any atom is -0.494 e. The van der Waals surface area contributed by atoms with Gasteiger partial charge in [-0.3, -0.25) is 9.69 Å². The predicted octanol–water partition coefficient (Wildman–Crippen LogP) is 4.12. The highest BCUT2D eigenvalue weighted by Gasteiger charge is 2.21. The van der Waals surface area contributed by atoms with Crippen molar-refractivity contribution in [2.75, 3.05) is 26.2 Å². The molecule has 1 saturated heterocycles. The SMILES string of the molecule is CCOc1ccc(C(=O)CN2CCC(C)CC2)c(C(C)C)c1. The summed E-state index contributed by atoms with van der Waals surface area (Å²) in [6, 6.07) is 5.88. The number of likely N-dealkylation sites (tertiary alicyclic amines) is 1. The van der Waals surface area contributed by atoms with E-state index in [0.29, 0.717) is 19.1 Å². The van der Waals surface area contributed by atoms with Gasteiger partial charge in [-0.2, -0.15) is 0 Å². The summed E-state index contributed by atoms with van der Waals surface area (Å²) in [4.78, 5) is 15.0. The molecular formula is C19H29NO2. The molecule has 0 aliphatic carbocycles. The van der Waals surface area contributed by atoms with E-state index in [1.165, 1.54) is 12.8 Å². The lowest BCUT2D eigenvalue weighted by Crippen LogP contribution is -2.37. The van der Waals surface area contributed by atoms with Crippen molar-refractivity contribution in [1.82, 2.24) is 4.90 Å². The number of carbonyl (C=O) groups is 1. The Labute approximate surface area is 134 Å². The summed E-state index contributed by atoms with van der Waals surface area (Å²) in [5, 5.41) is 0. The Balaban J connectivity index is 2.11. The highest BCUT2D eigenvalue weighted by Crippen LogP contribution is 2.26. The molecule has 1 aliphatic heterocycles. The van der Waals surface area contributed by atoms with Gasteiger partial charge in [0.05, 0.1) is 13.2 Å². The first kappa shape index (κ1) is 17.0. The van der Waals surface area contributed by atoms with E-state index in [1.54, 1.807) is 0 Å².